The van der Waals surface area contributed by atoms with Crippen LogP contribution in [0.2, 0.25) is 0 Å². The second-order valence-electron chi connectivity index (χ2n) is 4.21. The van der Waals surface area contributed by atoms with Crippen molar-refractivity contribution in [3.05, 3.63) is 48.1 Å². The summed E-state index contributed by atoms with van der Waals surface area (Å²) in [5.41, 5.74) is 1.62. The van der Waals surface area contributed by atoms with Gasteiger partial charge in [-0.05, 0) is 25.0 Å². The van der Waals surface area contributed by atoms with Crippen LogP contribution in [0.15, 0.2) is 48.1 Å². The van der Waals surface area contributed by atoms with Crippen LogP contribution in [0.1, 0.15) is 12.8 Å². The number of aromatic amines is 1. The Bertz CT molecular complexity index is 652. The SMILES string of the molecule is O=C(Nc1n[nH]c2ccccc12)C1=CCCC=C1. The molecule has 4 heteroatoms. The van der Waals surface area contributed by atoms with Crippen molar-refractivity contribution in [2.75, 3.05) is 5.32 Å². The third-order valence-corrected chi connectivity index (χ3v) is 2.96. The number of para-hydroxylation sites is 1. The molecule has 1 aromatic carbocycles. The molecule has 1 aliphatic carbocycles. The van der Waals surface area contributed by atoms with Gasteiger partial charge in [-0.3, -0.25) is 9.89 Å². The molecule has 0 spiro atoms. The molecule has 0 atom stereocenters. The minimum Gasteiger partial charge on any atom is -0.305 e. The van der Waals surface area contributed by atoms with Gasteiger partial charge in [0.15, 0.2) is 5.82 Å². The molecule has 2 N–H and O–H groups in total. The van der Waals surface area contributed by atoms with Gasteiger partial charge in [-0.1, -0.05) is 30.4 Å². The number of nitrogens with one attached hydrogen (secondary N) is 2. The van der Waals surface area contributed by atoms with Crippen molar-refractivity contribution >= 4 is 22.6 Å². The first kappa shape index (κ1) is 10.8. The lowest BCUT2D eigenvalue weighted by molar-refractivity contribution is -0.112. The van der Waals surface area contributed by atoms with Gasteiger partial charge in [0.25, 0.3) is 5.91 Å². The van der Waals surface area contributed by atoms with Crippen LogP contribution in [0, 0.1) is 0 Å². The van der Waals surface area contributed by atoms with Gasteiger partial charge in [0.05, 0.1) is 5.52 Å². The molecular formula is C14H13N3O. The van der Waals surface area contributed by atoms with Crippen molar-refractivity contribution in [1.82, 2.24) is 10.2 Å². The number of hydrogen-bond acceptors (Lipinski definition) is 2. The van der Waals surface area contributed by atoms with E-state index in [2.05, 4.69) is 15.5 Å². The van der Waals surface area contributed by atoms with Gasteiger partial charge in [-0.2, -0.15) is 5.10 Å². The fraction of sp³-hybridized carbons (Fsp3) is 0.143. The average molecular weight is 239 g/mol. The quantitative estimate of drug-likeness (QED) is 0.846. The van der Waals surface area contributed by atoms with Crippen LogP contribution in [0.4, 0.5) is 5.82 Å². The summed E-state index contributed by atoms with van der Waals surface area (Å²) in [6, 6.07) is 7.71. The maximum Gasteiger partial charge on any atom is 0.256 e. The molecule has 90 valence electrons. The predicted octanol–water partition coefficient (Wildman–Crippen LogP) is 2.78. The Morgan fingerprint density at radius 2 is 2.17 bits per heavy atom. The zero-order chi connectivity index (χ0) is 12.4. The van der Waals surface area contributed by atoms with E-state index in [-0.39, 0.29) is 5.91 Å². The maximum atomic E-state index is 12.0. The highest BCUT2D eigenvalue weighted by atomic mass is 16.1. The highest BCUT2D eigenvalue weighted by molar-refractivity contribution is 6.08. The minimum atomic E-state index is -0.108. The number of amides is 1. The van der Waals surface area contributed by atoms with Crippen molar-refractivity contribution < 1.29 is 4.79 Å². The fourth-order valence-corrected chi connectivity index (χ4v) is 2.02. The molecule has 1 aliphatic rings. The van der Waals surface area contributed by atoms with Gasteiger partial charge in [0, 0.05) is 11.0 Å². The van der Waals surface area contributed by atoms with Crippen LogP contribution in [-0.2, 0) is 4.79 Å². The standard InChI is InChI=1S/C14H13N3O/c18-14(10-6-2-1-3-7-10)15-13-11-8-4-5-9-12(11)16-17-13/h2,4-9H,1,3H2,(H2,15,16,17,18). The summed E-state index contributed by atoms with van der Waals surface area (Å²) < 4.78 is 0. The van der Waals surface area contributed by atoms with Gasteiger partial charge in [0.1, 0.15) is 0 Å². The molecule has 2 aromatic rings. The van der Waals surface area contributed by atoms with Crippen LogP contribution in [0.25, 0.3) is 10.9 Å². The largest absolute Gasteiger partial charge is 0.305 e. The molecule has 1 heterocycles. The zero-order valence-corrected chi connectivity index (χ0v) is 9.81. The number of nitrogens with zero attached hydrogens (tertiary/aromatic N) is 1. The Balaban J connectivity index is 1.86. The predicted molar refractivity (Wildman–Crippen MR) is 71.2 cm³/mol. The summed E-state index contributed by atoms with van der Waals surface area (Å²) in [6.07, 6.45) is 7.73. The van der Waals surface area contributed by atoms with E-state index in [1.54, 1.807) is 0 Å². The molecule has 3 rings (SSSR count). The molecule has 0 bridgehead atoms. The molecule has 0 saturated heterocycles. The van der Waals surface area contributed by atoms with E-state index in [1.165, 1.54) is 0 Å². The molecule has 0 aliphatic heterocycles. The van der Waals surface area contributed by atoms with E-state index in [1.807, 2.05) is 42.5 Å². The summed E-state index contributed by atoms with van der Waals surface area (Å²) >= 11 is 0. The third kappa shape index (κ3) is 1.93. The first-order valence-corrected chi connectivity index (χ1v) is 5.96. The fourth-order valence-electron chi connectivity index (χ4n) is 2.02. The zero-order valence-electron chi connectivity index (χ0n) is 9.81. The lowest BCUT2D eigenvalue weighted by Crippen LogP contribution is -2.14. The van der Waals surface area contributed by atoms with Crippen molar-refractivity contribution in [1.29, 1.82) is 0 Å². The number of benzene rings is 1. The van der Waals surface area contributed by atoms with E-state index >= 15 is 0 Å². The molecule has 0 unspecified atom stereocenters. The molecular weight excluding hydrogens is 226 g/mol. The number of carbonyl (C=O) groups excluding carboxylic acids is 1. The number of rotatable bonds is 2. The second-order valence-corrected chi connectivity index (χ2v) is 4.21. The van der Waals surface area contributed by atoms with Crippen molar-refractivity contribution in [3.8, 4) is 0 Å². The van der Waals surface area contributed by atoms with Gasteiger partial charge in [0.2, 0.25) is 0 Å². The highest BCUT2D eigenvalue weighted by Crippen LogP contribution is 2.20. The van der Waals surface area contributed by atoms with Crippen LogP contribution in [0.3, 0.4) is 0 Å². The summed E-state index contributed by atoms with van der Waals surface area (Å²) in [5.74, 6) is 0.471. The van der Waals surface area contributed by atoms with E-state index in [0.717, 1.165) is 23.7 Å². The van der Waals surface area contributed by atoms with Crippen molar-refractivity contribution in [3.63, 3.8) is 0 Å². The number of hydrogen-bond donors (Lipinski definition) is 2. The molecule has 0 fully saturated rings. The summed E-state index contributed by atoms with van der Waals surface area (Å²) in [4.78, 5) is 12.0. The molecule has 4 nitrogen and oxygen atoms in total. The van der Waals surface area contributed by atoms with Crippen LogP contribution in [-0.4, -0.2) is 16.1 Å². The topological polar surface area (TPSA) is 57.8 Å². The average Bonchev–Trinajstić information content (AvgIpc) is 2.83. The van der Waals surface area contributed by atoms with E-state index < -0.39 is 0 Å². The Hall–Kier alpha value is -2.36. The lowest BCUT2D eigenvalue weighted by atomic mass is 10.1. The molecule has 0 saturated carbocycles. The van der Waals surface area contributed by atoms with Crippen LogP contribution in [0.5, 0.6) is 0 Å². The van der Waals surface area contributed by atoms with Crippen LogP contribution < -0.4 is 5.32 Å². The molecule has 18 heavy (non-hydrogen) atoms. The monoisotopic (exact) mass is 239 g/mol. The highest BCUT2D eigenvalue weighted by Gasteiger charge is 2.12. The number of fused-ring (bicyclic) bond motifs is 1. The number of H-pyrrole nitrogens is 1. The van der Waals surface area contributed by atoms with Crippen molar-refractivity contribution in [2.45, 2.75) is 12.8 Å². The summed E-state index contributed by atoms with van der Waals surface area (Å²) in [5, 5.41) is 10.8. The Morgan fingerprint density at radius 1 is 1.28 bits per heavy atom. The van der Waals surface area contributed by atoms with E-state index in [0.29, 0.717) is 11.4 Å². The number of aromatic nitrogens is 2. The molecule has 1 aromatic heterocycles. The number of carbonyl (C=O) groups is 1. The van der Waals surface area contributed by atoms with E-state index in [4.69, 9.17) is 0 Å². The molecule has 1 amide bonds. The van der Waals surface area contributed by atoms with Gasteiger partial charge >= 0.3 is 0 Å². The number of anilines is 1. The summed E-state index contributed by atoms with van der Waals surface area (Å²) in [6.45, 7) is 0. The third-order valence-electron chi connectivity index (χ3n) is 2.96. The van der Waals surface area contributed by atoms with Gasteiger partial charge in [-0.25, -0.2) is 0 Å². The van der Waals surface area contributed by atoms with Crippen LogP contribution >= 0.6 is 0 Å². The number of allylic oxidation sites excluding steroid dienone is 2. The first-order valence-electron chi connectivity index (χ1n) is 5.96. The van der Waals surface area contributed by atoms with E-state index in [9.17, 15) is 4.79 Å². The Labute approximate surface area is 104 Å². The lowest BCUT2D eigenvalue weighted by Gasteiger charge is -2.06. The molecule has 0 radical (unpaired) electrons. The smallest absolute Gasteiger partial charge is 0.256 e. The Morgan fingerprint density at radius 3 is 3.00 bits per heavy atom. The maximum absolute atomic E-state index is 12.0. The van der Waals surface area contributed by atoms with Gasteiger partial charge in [-0.15, -0.1) is 0 Å². The van der Waals surface area contributed by atoms with Crippen molar-refractivity contribution in [2.24, 2.45) is 0 Å². The first-order chi connectivity index (χ1) is 8.84. The Kier molecular flexibility index (Phi) is 2.68. The minimum absolute atomic E-state index is 0.108. The van der Waals surface area contributed by atoms with Gasteiger partial charge < -0.3 is 5.32 Å². The summed E-state index contributed by atoms with van der Waals surface area (Å²) in [7, 11) is 0. The normalized spacial score (nSPS) is 14.6. The second kappa shape index (κ2) is 4.49.